The van der Waals surface area contributed by atoms with Gasteiger partial charge in [0.1, 0.15) is 18.9 Å². The number of hydrogen-bond donors (Lipinski definition) is 0. The third-order valence-electron chi connectivity index (χ3n) is 5.29. The summed E-state index contributed by atoms with van der Waals surface area (Å²) < 4.78 is 16.6. The van der Waals surface area contributed by atoms with Crippen LogP contribution in [-0.4, -0.2) is 35.7 Å². The first-order valence-corrected chi connectivity index (χ1v) is 9.32. The van der Waals surface area contributed by atoms with Crippen LogP contribution in [0.15, 0.2) is 47.0 Å². The first-order valence-electron chi connectivity index (χ1n) is 9.32. The lowest BCUT2D eigenvalue weighted by atomic mass is 10.0. The molecule has 1 saturated heterocycles. The number of rotatable bonds is 3. The molecule has 6 heteroatoms. The van der Waals surface area contributed by atoms with Crippen LogP contribution in [0.25, 0.3) is 11.0 Å². The molecular weight excluding hydrogens is 344 g/mol. The molecule has 0 saturated carbocycles. The first-order chi connectivity index (χ1) is 13.3. The van der Waals surface area contributed by atoms with E-state index in [2.05, 4.69) is 5.16 Å². The Morgan fingerprint density at radius 2 is 1.96 bits per heavy atom. The van der Waals surface area contributed by atoms with Crippen LogP contribution in [0.2, 0.25) is 0 Å². The van der Waals surface area contributed by atoms with Gasteiger partial charge in [0.25, 0.3) is 0 Å². The smallest absolute Gasteiger partial charge is 0.229 e. The second-order valence-electron chi connectivity index (χ2n) is 6.95. The van der Waals surface area contributed by atoms with E-state index in [0.29, 0.717) is 24.5 Å². The van der Waals surface area contributed by atoms with Gasteiger partial charge in [0, 0.05) is 11.9 Å². The number of hydrogen-bond acceptors (Lipinski definition) is 5. The van der Waals surface area contributed by atoms with Gasteiger partial charge >= 0.3 is 0 Å². The Bertz CT molecular complexity index is 997. The highest BCUT2D eigenvalue weighted by Gasteiger charge is 2.31. The highest BCUT2D eigenvalue weighted by Crippen LogP contribution is 2.38. The minimum Gasteiger partial charge on any atom is -0.486 e. The topological polar surface area (TPSA) is 64.8 Å². The molecule has 1 fully saturated rings. The van der Waals surface area contributed by atoms with E-state index >= 15 is 0 Å². The van der Waals surface area contributed by atoms with Gasteiger partial charge in [-0.25, -0.2) is 0 Å². The molecule has 5 rings (SSSR count). The van der Waals surface area contributed by atoms with Crippen molar-refractivity contribution >= 4 is 16.9 Å². The van der Waals surface area contributed by atoms with Crippen LogP contribution in [-0.2, 0) is 11.2 Å². The minimum absolute atomic E-state index is 0.0616. The molecular formula is C21H20N2O4. The average molecular weight is 364 g/mol. The van der Waals surface area contributed by atoms with E-state index in [4.69, 9.17) is 14.0 Å². The zero-order valence-corrected chi connectivity index (χ0v) is 14.9. The fourth-order valence-electron chi connectivity index (χ4n) is 3.99. The van der Waals surface area contributed by atoms with E-state index in [0.717, 1.165) is 41.8 Å². The lowest BCUT2D eigenvalue weighted by molar-refractivity contribution is -0.131. The van der Waals surface area contributed by atoms with Crippen LogP contribution < -0.4 is 9.47 Å². The van der Waals surface area contributed by atoms with Crippen LogP contribution >= 0.6 is 0 Å². The maximum atomic E-state index is 13.0. The second kappa shape index (κ2) is 6.61. The fraction of sp³-hybridized carbons (Fsp3) is 0.333. The van der Waals surface area contributed by atoms with Gasteiger partial charge in [-0.05, 0) is 42.7 Å². The summed E-state index contributed by atoms with van der Waals surface area (Å²) in [4.78, 5) is 15.0. The number of amides is 1. The van der Waals surface area contributed by atoms with Crippen molar-refractivity contribution < 1.29 is 18.8 Å². The van der Waals surface area contributed by atoms with Crippen LogP contribution in [0, 0.1) is 0 Å². The van der Waals surface area contributed by atoms with E-state index < -0.39 is 0 Å². The monoisotopic (exact) mass is 364 g/mol. The van der Waals surface area contributed by atoms with E-state index in [1.54, 1.807) is 0 Å². The van der Waals surface area contributed by atoms with E-state index in [1.165, 1.54) is 0 Å². The standard InChI is InChI=1S/C21H20N2O4/c24-21(13-16-15-4-1-2-6-18(15)27-22-16)23-9-3-5-17(23)14-7-8-19-20(12-14)26-11-10-25-19/h1-2,4,6-8,12,17H,3,5,9-11,13H2. The zero-order valence-electron chi connectivity index (χ0n) is 14.9. The first kappa shape index (κ1) is 16.2. The summed E-state index contributed by atoms with van der Waals surface area (Å²) in [6.07, 6.45) is 2.19. The molecule has 3 heterocycles. The molecule has 1 atom stereocenters. The van der Waals surface area contributed by atoms with Crippen molar-refractivity contribution in [3.05, 3.63) is 53.7 Å². The Balaban J connectivity index is 1.38. The van der Waals surface area contributed by atoms with Gasteiger partial charge in [-0.2, -0.15) is 0 Å². The lowest BCUT2D eigenvalue weighted by Crippen LogP contribution is -2.32. The maximum absolute atomic E-state index is 13.0. The summed E-state index contributed by atoms with van der Waals surface area (Å²) in [5, 5.41) is 5.01. The number of nitrogens with zero attached hydrogens (tertiary/aromatic N) is 2. The van der Waals surface area contributed by atoms with Crippen LogP contribution in [0.4, 0.5) is 0 Å². The molecule has 2 aliphatic rings. The molecule has 27 heavy (non-hydrogen) atoms. The Labute approximate surface area is 156 Å². The summed E-state index contributed by atoms with van der Waals surface area (Å²) >= 11 is 0. The number of benzene rings is 2. The number of ether oxygens (including phenoxy) is 2. The predicted octanol–water partition coefficient (Wildman–Crippen LogP) is 3.51. The van der Waals surface area contributed by atoms with Gasteiger partial charge in [-0.1, -0.05) is 23.4 Å². The fourth-order valence-corrected chi connectivity index (χ4v) is 3.99. The van der Waals surface area contributed by atoms with Gasteiger partial charge in [-0.15, -0.1) is 0 Å². The highest BCUT2D eigenvalue weighted by atomic mass is 16.6. The average Bonchev–Trinajstić information content (AvgIpc) is 3.35. The Hall–Kier alpha value is -3.02. The SMILES string of the molecule is O=C(Cc1noc2ccccc12)N1CCCC1c1ccc2c(c1)OCCO2. The van der Waals surface area contributed by atoms with Gasteiger partial charge in [0.2, 0.25) is 5.91 Å². The molecule has 0 spiro atoms. The lowest BCUT2D eigenvalue weighted by Gasteiger charge is -2.26. The Morgan fingerprint density at radius 1 is 1.11 bits per heavy atom. The molecule has 2 aliphatic heterocycles. The summed E-state index contributed by atoms with van der Waals surface area (Å²) in [5.74, 6) is 1.61. The predicted molar refractivity (Wildman–Crippen MR) is 98.8 cm³/mol. The van der Waals surface area contributed by atoms with Gasteiger partial charge in [0.15, 0.2) is 17.1 Å². The van der Waals surface area contributed by atoms with Gasteiger partial charge in [-0.3, -0.25) is 4.79 Å². The van der Waals surface area contributed by atoms with Crippen molar-refractivity contribution in [3.63, 3.8) is 0 Å². The Kier molecular flexibility index (Phi) is 3.96. The molecule has 0 radical (unpaired) electrons. The summed E-state index contributed by atoms with van der Waals surface area (Å²) in [5.41, 5.74) is 2.50. The molecule has 1 amide bonds. The summed E-state index contributed by atoms with van der Waals surface area (Å²) in [7, 11) is 0. The number of carbonyl (C=O) groups is 1. The number of fused-ring (bicyclic) bond motifs is 2. The second-order valence-corrected chi connectivity index (χ2v) is 6.95. The van der Waals surface area contributed by atoms with Crippen molar-refractivity contribution in [2.75, 3.05) is 19.8 Å². The quantitative estimate of drug-likeness (QED) is 0.712. The number of carbonyl (C=O) groups excluding carboxylic acids is 1. The molecule has 2 aromatic carbocycles. The van der Waals surface area contributed by atoms with Gasteiger partial charge < -0.3 is 18.9 Å². The van der Waals surface area contributed by atoms with Crippen LogP contribution in [0.3, 0.4) is 0 Å². The molecule has 6 nitrogen and oxygen atoms in total. The summed E-state index contributed by atoms with van der Waals surface area (Å²) in [6, 6.07) is 13.7. The molecule has 0 bridgehead atoms. The molecule has 1 aromatic heterocycles. The molecule has 1 unspecified atom stereocenters. The van der Waals surface area contributed by atoms with Crippen molar-refractivity contribution in [1.29, 1.82) is 0 Å². The third-order valence-corrected chi connectivity index (χ3v) is 5.29. The number of para-hydroxylation sites is 1. The largest absolute Gasteiger partial charge is 0.486 e. The maximum Gasteiger partial charge on any atom is 0.229 e. The Morgan fingerprint density at radius 3 is 2.89 bits per heavy atom. The van der Waals surface area contributed by atoms with Crippen molar-refractivity contribution in [3.8, 4) is 11.5 Å². The molecule has 138 valence electrons. The molecule has 3 aromatic rings. The van der Waals surface area contributed by atoms with Crippen molar-refractivity contribution in [2.45, 2.75) is 25.3 Å². The van der Waals surface area contributed by atoms with Gasteiger partial charge in [0.05, 0.1) is 12.5 Å². The number of aromatic nitrogens is 1. The van der Waals surface area contributed by atoms with E-state index in [-0.39, 0.29) is 18.4 Å². The van der Waals surface area contributed by atoms with Crippen LogP contribution in [0.5, 0.6) is 11.5 Å². The highest BCUT2D eigenvalue weighted by molar-refractivity contribution is 5.86. The number of likely N-dealkylation sites (tertiary alicyclic amines) is 1. The molecule has 0 aliphatic carbocycles. The van der Waals surface area contributed by atoms with E-state index in [9.17, 15) is 4.79 Å². The molecule has 0 N–H and O–H groups in total. The van der Waals surface area contributed by atoms with Crippen LogP contribution in [0.1, 0.15) is 30.1 Å². The minimum atomic E-state index is 0.0616. The summed E-state index contributed by atoms with van der Waals surface area (Å²) in [6.45, 7) is 1.89. The van der Waals surface area contributed by atoms with Crippen molar-refractivity contribution in [1.82, 2.24) is 10.1 Å². The zero-order chi connectivity index (χ0) is 18.2. The van der Waals surface area contributed by atoms with E-state index in [1.807, 2.05) is 47.4 Å². The normalized spacial score (nSPS) is 18.8. The third kappa shape index (κ3) is 2.91. The van der Waals surface area contributed by atoms with Crippen molar-refractivity contribution in [2.24, 2.45) is 0 Å².